The molecule has 2 aromatic heterocycles. The molecular formula is C77H120N4O6. The third-order valence-electron chi connectivity index (χ3n) is 17.6. The van der Waals surface area contributed by atoms with Crippen molar-refractivity contribution in [3.05, 3.63) is 116 Å². The zero-order valence-electron chi connectivity index (χ0n) is 55.8. The van der Waals surface area contributed by atoms with Crippen LogP contribution >= 0.6 is 0 Å². The lowest BCUT2D eigenvalue weighted by atomic mass is 10.0. The highest BCUT2D eigenvalue weighted by Crippen LogP contribution is 2.26. The lowest BCUT2D eigenvalue weighted by Gasteiger charge is -2.22. The molecule has 3 N–H and O–H groups in total. The molecule has 4 aromatic carbocycles. The minimum atomic E-state index is -1.25. The summed E-state index contributed by atoms with van der Waals surface area (Å²) in [6.45, 7) is 22.1. The number of aromatic nitrogens is 2. The Hall–Kier alpha value is -5.32. The van der Waals surface area contributed by atoms with Crippen molar-refractivity contribution in [2.75, 3.05) is 39.3 Å². The molecular weight excluding hydrogens is 1080 g/mol. The number of unbranched alkanes of at least 4 members (excludes halogenated alkanes) is 30. The van der Waals surface area contributed by atoms with Crippen molar-refractivity contribution in [2.24, 2.45) is 0 Å². The number of rotatable bonds is 46. The smallest absolute Gasteiger partial charge is 0.335 e. The summed E-state index contributed by atoms with van der Waals surface area (Å²) in [4.78, 5) is 59.0. The largest absolute Gasteiger partial charge is 0.478 e. The molecule has 2 heterocycles. The number of pyridine rings is 2. The van der Waals surface area contributed by atoms with E-state index in [0.717, 1.165) is 6.07 Å². The molecule has 0 fully saturated rings. The molecule has 0 spiro atoms. The molecule has 0 aliphatic rings. The van der Waals surface area contributed by atoms with Gasteiger partial charge in [-0.15, -0.1) is 0 Å². The van der Waals surface area contributed by atoms with Crippen LogP contribution in [-0.2, 0) is 6.54 Å². The maximum absolute atomic E-state index is 13.5. The van der Waals surface area contributed by atoms with Gasteiger partial charge >= 0.3 is 11.9 Å². The number of aromatic carboxylic acids is 2. The second kappa shape index (κ2) is 45.9. The first kappa shape index (κ1) is 74.1. The first-order chi connectivity index (χ1) is 42.5. The number of carboxylic acid groups (broad SMARTS) is 2. The molecule has 0 aliphatic heterocycles. The van der Waals surface area contributed by atoms with Crippen molar-refractivity contribution >= 4 is 55.6 Å². The zero-order chi connectivity index (χ0) is 62.7. The Morgan fingerprint density at radius 3 is 1.07 bits per heavy atom. The third kappa shape index (κ3) is 28.4. The number of carboxylic acids is 2. The minimum Gasteiger partial charge on any atom is -0.478 e. The van der Waals surface area contributed by atoms with Crippen molar-refractivity contribution in [1.82, 2.24) is 19.4 Å². The van der Waals surface area contributed by atoms with Gasteiger partial charge in [-0.05, 0) is 138 Å². The Morgan fingerprint density at radius 1 is 0.356 bits per heavy atom. The van der Waals surface area contributed by atoms with Crippen LogP contribution in [0.5, 0.6) is 0 Å². The number of para-hydroxylation sites is 2. The normalized spacial score (nSPS) is 11.5. The molecule has 0 unspecified atom stereocenters. The summed E-state index contributed by atoms with van der Waals surface area (Å²) in [5.74, 6) is -2.49. The molecule has 0 saturated heterocycles. The Bertz CT molecular complexity index is 2790. The number of hydrogen-bond donors (Lipinski definition) is 3. The van der Waals surface area contributed by atoms with E-state index >= 15 is 0 Å². The zero-order valence-corrected chi connectivity index (χ0v) is 55.8. The van der Waals surface area contributed by atoms with Gasteiger partial charge in [0, 0.05) is 33.6 Å². The van der Waals surface area contributed by atoms with Gasteiger partial charge in [0.15, 0.2) is 10.9 Å². The second-order valence-corrected chi connectivity index (χ2v) is 25.2. The summed E-state index contributed by atoms with van der Waals surface area (Å²) >= 11 is 0. The van der Waals surface area contributed by atoms with Crippen LogP contribution in [0.15, 0.2) is 88.5 Å². The lowest BCUT2D eigenvalue weighted by molar-refractivity contribution is 0.0696. The standard InChI is InChI=1S/C29H18N2O6.2C24H51N/c32-26-18-5-1-3-7-22(18)30-23-12-21-25(13-20(23)26)31(24-8-4-2-6-19(24)27(21)33)14-15-9-16(28(34)35)11-17(10-15)29(36)37;2*1-4-7-10-13-16-19-22-25(23-20-17-14-11-8-5-2)24-21-18-15-12-9-6-3/h1-13H,14H2,(H,30,32)(H,34,35)(H,36,37);2*4-24H2,1-3H3. The number of nitrogens with one attached hydrogen (secondary N) is 1. The predicted octanol–water partition coefficient (Wildman–Crippen LogP) is 21.3. The van der Waals surface area contributed by atoms with Gasteiger partial charge in [-0.3, -0.25) is 9.59 Å². The fourth-order valence-electron chi connectivity index (χ4n) is 12.3. The number of aromatic amines is 1. The fourth-order valence-corrected chi connectivity index (χ4v) is 12.3. The van der Waals surface area contributed by atoms with Crippen LogP contribution in [0, 0.1) is 0 Å². The minimum absolute atomic E-state index is 0.0791. The van der Waals surface area contributed by atoms with Gasteiger partial charge in [-0.25, -0.2) is 9.59 Å². The molecule has 10 nitrogen and oxygen atoms in total. The highest BCUT2D eigenvalue weighted by atomic mass is 16.4. The van der Waals surface area contributed by atoms with Gasteiger partial charge in [0.05, 0.1) is 27.7 Å². The Balaban J connectivity index is 0.000000291. The number of benzene rings is 4. The first-order valence-electron chi connectivity index (χ1n) is 35.6. The second-order valence-electron chi connectivity index (χ2n) is 25.2. The van der Waals surface area contributed by atoms with Crippen molar-refractivity contribution in [3.63, 3.8) is 0 Å². The molecule has 0 bridgehead atoms. The van der Waals surface area contributed by atoms with E-state index in [4.69, 9.17) is 0 Å². The van der Waals surface area contributed by atoms with Crippen LogP contribution in [0.25, 0.3) is 43.6 Å². The van der Waals surface area contributed by atoms with E-state index in [1.165, 1.54) is 283 Å². The molecule has 0 aliphatic carbocycles. The predicted molar refractivity (Wildman–Crippen MR) is 374 cm³/mol. The van der Waals surface area contributed by atoms with E-state index in [2.05, 4.69) is 56.3 Å². The van der Waals surface area contributed by atoms with Crippen LogP contribution in [0.2, 0.25) is 0 Å². The summed E-state index contributed by atoms with van der Waals surface area (Å²) in [7, 11) is 0. The van der Waals surface area contributed by atoms with Crippen LogP contribution in [0.4, 0.5) is 0 Å². The summed E-state index contributed by atoms with van der Waals surface area (Å²) in [6.07, 6.45) is 51.4. The van der Waals surface area contributed by atoms with E-state index in [1.54, 1.807) is 54.6 Å². The summed E-state index contributed by atoms with van der Waals surface area (Å²) in [5, 5.41) is 20.8. The Labute approximate surface area is 526 Å². The van der Waals surface area contributed by atoms with Crippen LogP contribution in [0.3, 0.4) is 0 Å². The van der Waals surface area contributed by atoms with Crippen molar-refractivity contribution in [1.29, 1.82) is 0 Å². The number of fused-ring (bicyclic) bond motifs is 4. The fraction of sp³-hybridized carbons (Fsp3) is 0.636. The van der Waals surface area contributed by atoms with E-state index < -0.39 is 11.9 Å². The summed E-state index contributed by atoms with van der Waals surface area (Å²) in [6, 6.07) is 21.4. The quantitative estimate of drug-likeness (QED) is 0.0254. The first-order valence-corrected chi connectivity index (χ1v) is 35.6. The average Bonchev–Trinajstić information content (AvgIpc) is 0.837. The monoisotopic (exact) mass is 1200 g/mol. The molecule has 484 valence electrons. The molecule has 0 radical (unpaired) electrons. The van der Waals surface area contributed by atoms with E-state index in [0.29, 0.717) is 49.2 Å². The van der Waals surface area contributed by atoms with Gasteiger partial charge in [0.25, 0.3) is 0 Å². The van der Waals surface area contributed by atoms with E-state index in [9.17, 15) is 29.4 Å². The SMILES string of the molecule is CCCCCCCCN(CCCCCCCC)CCCCCCCC.CCCCCCCCN(CCCCCCCC)CCCCCCCC.O=C(O)c1cc(Cn2c3ccccc3c(=O)c3cc4[nH]c5ccccc5c(=O)c4cc32)cc(C(=O)O)c1. The van der Waals surface area contributed by atoms with E-state index in [1.807, 2.05) is 10.6 Å². The number of hydrogen-bond acceptors (Lipinski definition) is 6. The van der Waals surface area contributed by atoms with Gasteiger partial charge in [-0.2, -0.15) is 0 Å². The van der Waals surface area contributed by atoms with Gasteiger partial charge < -0.3 is 29.6 Å². The lowest BCUT2D eigenvalue weighted by Crippen LogP contribution is -2.27. The Morgan fingerprint density at radius 2 is 0.690 bits per heavy atom. The van der Waals surface area contributed by atoms with Crippen LogP contribution < -0.4 is 10.9 Å². The third-order valence-corrected chi connectivity index (χ3v) is 17.6. The topological polar surface area (TPSA) is 136 Å². The number of nitrogens with zero attached hydrogens (tertiary/aromatic N) is 3. The molecule has 0 amide bonds. The molecule has 87 heavy (non-hydrogen) atoms. The van der Waals surface area contributed by atoms with Gasteiger partial charge in [0.1, 0.15) is 0 Å². The molecule has 6 rings (SSSR count). The summed E-state index contributed by atoms with van der Waals surface area (Å²) < 4.78 is 1.81. The number of carbonyl (C=O) groups is 2. The van der Waals surface area contributed by atoms with Crippen LogP contribution in [-0.4, -0.2) is 80.8 Å². The van der Waals surface area contributed by atoms with Gasteiger partial charge in [-0.1, -0.05) is 258 Å². The summed E-state index contributed by atoms with van der Waals surface area (Å²) in [5.41, 5.74) is 1.98. The average molecular weight is 1200 g/mol. The highest BCUT2D eigenvalue weighted by molar-refractivity contribution is 6.03. The molecule has 6 aromatic rings. The molecule has 0 atom stereocenters. The molecule has 0 saturated carbocycles. The maximum atomic E-state index is 13.5. The highest BCUT2D eigenvalue weighted by Gasteiger charge is 2.18. The van der Waals surface area contributed by atoms with Crippen LogP contribution in [0.1, 0.15) is 299 Å². The number of H-pyrrole nitrogens is 1. The van der Waals surface area contributed by atoms with Crippen molar-refractivity contribution < 1.29 is 19.8 Å². The van der Waals surface area contributed by atoms with Crippen molar-refractivity contribution in [3.8, 4) is 0 Å². The maximum Gasteiger partial charge on any atom is 0.335 e. The Kier molecular flexibility index (Phi) is 39.1. The van der Waals surface area contributed by atoms with Crippen molar-refractivity contribution in [2.45, 2.75) is 279 Å². The van der Waals surface area contributed by atoms with E-state index in [-0.39, 0.29) is 28.5 Å². The van der Waals surface area contributed by atoms with Gasteiger partial charge in [0.2, 0.25) is 0 Å². The molecule has 10 heteroatoms.